The van der Waals surface area contributed by atoms with Crippen molar-refractivity contribution in [3.8, 4) is 11.8 Å². The summed E-state index contributed by atoms with van der Waals surface area (Å²) in [5.41, 5.74) is 0.0445. The molecule has 1 rings (SSSR count). The van der Waals surface area contributed by atoms with Gasteiger partial charge in [-0.25, -0.2) is 4.39 Å². The summed E-state index contributed by atoms with van der Waals surface area (Å²) in [6.07, 6.45) is 0.214. The van der Waals surface area contributed by atoms with E-state index in [9.17, 15) is 14.3 Å². The highest BCUT2D eigenvalue weighted by atomic mass is 19.1. The van der Waals surface area contributed by atoms with Gasteiger partial charge < -0.3 is 10.0 Å². The van der Waals surface area contributed by atoms with Gasteiger partial charge in [0.05, 0.1) is 18.1 Å². The molecule has 1 amide bonds. The van der Waals surface area contributed by atoms with Crippen molar-refractivity contribution in [2.24, 2.45) is 0 Å². The molecule has 5 heteroatoms. The summed E-state index contributed by atoms with van der Waals surface area (Å²) in [6.45, 7) is 3.91. The minimum atomic E-state index is -0.600. The van der Waals surface area contributed by atoms with Crippen LogP contribution in [0.1, 0.15) is 30.6 Å². The first-order valence-corrected chi connectivity index (χ1v) is 5.63. The van der Waals surface area contributed by atoms with E-state index in [2.05, 4.69) is 0 Å². The maximum atomic E-state index is 12.8. The number of benzene rings is 1. The van der Waals surface area contributed by atoms with Gasteiger partial charge in [0.25, 0.3) is 5.91 Å². The van der Waals surface area contributed by atoms with Crippen molar-refractivity contribution >= 4 is 5.91 Å². The van der Waals surface area contributed by atoms with Crippen molar-refractivity contribution in [1.29, 1.82) is 5.26 Å². The van der Waals surface area contributed by atoms with Crippen LogP contribution in [0, 0.1) is 17.1 Å². The van der Waals surface area contributed by atoms with Crippen molar-refractivity contribution in [2.75, 3.05) is 6.54 Å². The van der Waals surface area contributed by atoms with E-state index in [1.165, 1.54) is 11.0 Å². The molecule has 0 bridgehead atoms. The van der Waals surface area contributed by atoms with Gasteiger partial charge >= 0.3 is 0 Å². The van der Waals surface area contributed by atoms with Crippen molar-refractivity contribution < 1.29 is 14.3 Å². The number of hydrogen-bond donors (Lipinski definition) is 1. The molecular formula is C13H15FN2O2. The molecule has 0 aliphatic heterocycles. The normalized spacial score (nSPS) is 10.2. The molecule has 0 aliphatic carbocycles. The number of carbonyl (C=O) groups excluding carboxylic acids is 1. The van der Waals surface area contributed by atoms with Crippen LogP contribution in [0.3, 0.4) is 0 Å². The lowest BCUT2D eigenvalue weighted by Gasteiger charge is -2.26. The molecule has 4 nitrogen and oxygen atoms in total. The molecule has 0 saturated carbocycles. The standard InChI is InChI=1S/C13H15FN2O2/c1-9(2)16(7-3-6-15)13(18)11-5-4-10(14)8-12(11)17/h4-5,8-9,17H,3,7H2,1-2H3. The number of nitrogens with zero attached hydrogens (tertiary/aromatic N) is 2. The zero-order chi connectivity index (χ0) is 13.7. The van der Waals surface area contributed by atoms with Crippen LogP contribution in [0.5, 0.6) is 5.75 Å². The Morgan fingerprint density at radius 1 is 1.56 bits per heavy atom. The number of phenolic OH excluding ortho intramolecular Hbond substituents is 1. The third-order valence-electron chi connectivity index (χ3n) is 2.54. The largest absolute Gasteiger partial charge is 0.507 e. The number of aromatic hydroxyl groups is 1. The lowest BCUT2D eigenvalue weighted by Crippen LogP contribution is -2.37. The number of halogens is 1. The number of phenols is 1. The highest BCUT2D eigenvalue weighted by molar-refractivity contribution is 5.97. The molecule has 0 fully saturated rings. The Bertz CT molecular complexity index is 480. The van der Waals surface area contributed by atoms with Crippen molar-refractivity contribution in [1.82, 2.24) is 4.90 Å². The van der Waals surface area contributed by atoms with Crippen LogP contribution in [0.15, 0.2) is 18.2 Å². The van der Waals surface area contributed by atoms with Gasteiger partial charge in [0.15, 0.2) is 0 Å². The van der Waals surface area contributed by atoms with Crippen LogP contribution in [-0.4, -0.2) is 28.5 Å². The van der Waals surface area contributed by atoms with E-state index in [1.807, 2.05) is 19.9 Å². The lowest BCUT2D eigenvalue weighted by molar-refractivity contribution is 0.0707. The number of rotatable bonds is 4. The highest BCUT2D eigenvalue weighted by Crippen LogP contribution is 2.21. The Kier molecular flexibility index (Phi) is 4.67. The van der Waals surface area contributed by atoms with Gasteiger partial charge in [-0.05, 0) is 26.0 Å². The predicted octanol–water partition coefficient (Wildman–Crippen LogP) is 2.30. The van der Waals surface area contributed by atoms with E-state index in [-0.39, 0.29) is 30.3 Å². The van der Waals surface area contributed by atoms with Crippen LogP contribution in [0.25, 0.3) is 0 Å². The Labute approximate surface area is 105 Å². The third kappa shape index (κ3) is 3.20. The Morgan fingerprint density at radius 2 is 2.22 bits per heavy atom. The maximum Gasteiger partial charge on any atom is 0.257 e. The molecule has 18 heavy (non-hydrogen) atoms. The van der Waals surface area contributed by atoms with Gasteiger partial charge in [0, 0.05) is 18.7 Å². The summed E-state index contributed by atoms with van der Waals surface area (Å²) < 4.78 is 12.8. The van der Waals surface area contributed by atoms with Crippen molar-refractivity contribution in [2.45, 2.75) is 26.3 Å². The van der Waals surface area contributed by atoms with Gasteiger partial charge in [0.1, 0.15) is 11.6 Å². The van der Waals surface area contributed by atoms with Crippen molar-refractivity contribution in [3.05, 3.63) is 29.6 Å². The number of nitriles is 1. The molecule has 96 valence electrons. The monoisotopic (exact) mass is 250 g/mol. The molecule has 0 heterocycles. The zero-order valence-electron chi connectivity index (χ0n) is 10.4. The molecule has 0 saturated heterocycles. The average molecular weight is 250 g/mol. The van der Waals surface area contributed by atoms with E-state index in [0.717, 1.165) is 12.1 Å². The van der Waals surface area contributed by atoms with Gasteiger partial charge in [-0.2, -0.15) is 5.26 Å². The van der Waals surface area contributed by atoms with E-state index >= 15 is 0 Å². The van der Waals surface area contributed by atoms with Gasteiger partial charge in [-0.1, -0.05) is 0 Å². The first-order valence-electron chi connectivity index (χ1n) is 5.63. The topological polar surface area (TPSA) is 64.3 Å². The van der Waals surface area contributed by atoms with Crippen LogP contribution in [0.4, 0.5) is 4.39 Å². The molecule has 0 aliphatic rings. The molecule has 1 aromatic carbocycles. The molecule has 0 spiro atoms. The average Bonchev–Trinajstić information content (AvgIpc) is 2.28. The fraction of sp³-hybridized carbons (Fsp3) is 0.385. The van der Waals surface area contributed by atoms with Gasteiger partial charge in [-0.15, -0.1) is 0 Å². The van der Waals surface area contributed by atoms with Crippen LogP contribution in [0.2, 0.25) is 0 Å². The van der Waals surface area contributed by atoms with Crippen LogP contribution < -0.4 is 0 Å². The van der Waals surface area contributed by atoms with E-state index in [4.69, 9.17) is 5.26 Å². The second-order valence-electron chi connectivity index (χ2n) is 4.16. The Morgan fingerprint density at radius 3 is 2.72 bits per heavy atom. The first-order chi connectivity index (χ1) is 8.47. The van der Waals surface area contributed by atoms with E-state index in [0.29, 0.717) is 0 Å². The summed E-state index contributed by atoms with van der Waals surface area (Å²) >= 11 is 0. The lowest BCUT2D eigenvalue weighted by atomic mass is 10.1. The van der Waals surface area contributed by atoms with Gasteiger partial charge in [0.2, 0.25) is 0 Å². The molecule has 1 aromatic rings. The quantitative estimate of drug-likeness (QED) is 0.891. The fourth-order valence-electron chi connectivity index (χ4n) is 1.61. The highest BCUT2D eigenvalue weighted by Gasteiger charge is 2.21. The summed E-state index contributed by atoms with van der Waals surface area (Å²) in [6, 6.07) is 5.13. The van der Waals surface area contributed by atoms with Crippen molar-refractivity contribution in [3.63, 3.8) is 0 Å². The Hall–Kier alpha value is -2.09. The Balaban J connectivity index is 2.99. The summed E-state index contributed by atoms with van der Waals surface area (Å²) in [5, 5.41) is 18.1. The number of amides is 1. The minimum absolute atomic E-state index is 0.0445. The molecule has 0 atom stereocenters. The molecule has 0 aromatic heterocycles. The SMILES string of the molecule is CC(C)N(CCC#N)C(=O)c1ccc(F)cc1O. The minimum Gasteiger partial charge on any atom is -0.507 e. The predicted molar refractivity (Wildman–Crippen MR) is 64.5 cm³/mol. The second kappa shape index (κ2) is 6.01. The second-order valence-corrected chi connectivity index (χ2v) is 4.16. The molecular weight excluding hydrogens is 235 g/mol. The fourth-order valence-corrected chi connectivity index (χ4v) is 1.61. The molecule has 1 N–H and O–H groups in total. The summed E-state index contributed by atoms with van der Waals surface area (Å²) in [7, 11) is 0. The number of hydrogen-bond acceptors (Lipinski definition) is 3. The van der Waals surface area contributed by atoms with E-state index in [1.54, 1.807) is 0 Å². The van der Waals surface area contributed by atoms with Crippen LogP contribution in [-0.2, 0) is 0 Å². The molecule has 0 radical (unpaired) electrons. The third-order valence-corrected chi connectivity index (χ3v) is 2.54. The molecule has 0 unspecified atom stereocenters. The smallest absolute Gasteiger partial charge is 0.257 e. The van der Waals surface area contributed by atoms with Crippen LogP contribution >= 0.6 is 0 Å². The summed E-state index contributed by atoms with van der Waals surface area (Å²) in [4.78, 5) is 13.6. The number of carbonyl (C=O) groups is 1. The van der Waals surface area contributed by atoms with Gasteiger partial charge in [-0.3, -0.25) is 4.79 Å². The maximum absolute atomic E-state index is 12.8. The van der Waals surface area contributed by atoms with E-state index < -0.39 is 11.7 Å². The first kappa shape index (κ1) is 14.0. The zero-order valence-corrected chi connectivity index (χ0v) is 10.4. The summed E-state index contributed by atoms with van der Waals surface area (Å²) in [5.74, 6) is -1.39.